The van der Waals surface area contributed by atoms with Crippen LogP contribution in [0.2, 0.25) is 0 Å². The first-order chi connectivity index (χ1) is 13.6. The predicted octanol–water partition coefficient (Wildman–Crippen LogP) is 3.72. The largest absolute Gasteiger partial charge is 0.491 e. The van der Waals surface area contributed by atoms with Crippen molar-refractivity contribution in [1.29, 1.82) is 0 Å². The van der Waals surface area contributed by atoms with Crippen LogP contribution in [0.15, 0.2) is 42.6 Å². The SMILES string of the molecule is CC(C)Oc1ccc(-c2nc3ccc(F)cn3c2CN2CCCNCC2)cc1. The summed E-state index contributed by atoms with van der Waals surface area (Å²) in [6, 6.07) is 11.2. The van der Waals surface area contributed by atoms with Gasteiger partial charge in [0.1, 0.15) is 17.2 Å². The molecule has 148 valence electrons. The molecule has 0 amide bonds. The van der Waals surface area contributed by atoms with E-state index in [0.29, 0.717) is 0 Å². The lowest BCUT2D eigenvalue weighted by atomic mass is 10.1. The molecule has 0 saturated carbocycles. The second kappa shape index (κ2) is 8.29. The molecule has 4 rings (SSSR count). The van der Waals surface area contributed by atoms with Gasteiger partial charge in [0.15, 0.2) is 0 Å². The summed E-state index contributed by atoms with van der Waals surface area (Å²) in [5.74, 6) is 0.588. The van der Waals surface area contributed by atoms with Crippen molar-refractivity contribution in [3.63, 3.8) is 0 Å². The third-order valence-electron chi connectivity index (χ3n) is 4.99. The van der Waals surface area contributed by atoms with Crippen molar-refractivity contribution in [3.05, 3.63) is 54.1 Å². The van der Waals surface area contributed by atoms with Crippen molar-refractivity contribution in [3.8, 4) is 17.0 Å². The molecule has 6 heteroatoms. The fraction of sp³-hybridized carbons (Fsp3) is 0.409. The summed E-state index contributed by atoms with van der Waals surface area (Å²) >= 11 is 0. The van der Waals surface area contributed by atoms with Crippen LogP contribution >= 0.6 is 0 Å². The fourth-order valence-electron chi connectivity index (χ4n) is 3.68. The molecule has 2 aromatic heterocycles. The molecule has 0 spiro atoms. The maximum Gasteiger partial charge on any atom is 0.139 e. The Labute approximate surface area is 165 Å². The third kappa shape index (κ3) is 4.18. The number of hydrogen-bond donors (Lipinski definition) is 1. The van der Waals surface area contributed by atoms with E-state index in [0.717, 1.165) is 67.5 Å². The van der Waals surface area contributed by atoms with Gasteiger partial charge in [-0.05, 0) is 69.8 Å². The maximum atomic E-state index is 14.0. The average Bonchev–Trinajstić information content (AvgIpc) is 2.84. The number of nitrogens with one attached hydrogen (secondary N) is 1. The van der Waals surface area contributed by atoms with E-state index in [2.05, 4.69) is 10.2 Å². The first-order valence-corrected chi connectivity index (χ1v) is 9.97. The molecule has 1 aliphatic rings. The molecule has 0 radical (unpaired) electrons. The number of imidazole rings is 1. The van der Waals surface area contributed by atoms with Crippen molar-refractivity contribution >= 4 is 5.65 Å². The highest BCUT2D eigenvalue weighted by Crippen LogP contribution is 2.28. The van der Waals surface area contributed by atoms with Crippen LogP contribution in [0, 0.1) is 5.82 Å². The van der Waals surface area contributed by atoms with Crippen LogP contribution in [0.25, 0.3) is 16.9 Å². The van der Waals surface area contributed by atoms with Gasteiger partial charge >= 0.3 is 0 Å². The van der Waals surface area contributed by atoms with Gasteiger partial charge in [-0.1, -0.05) is 0 Å². The van der Waals surface area contributed by atoms with Crippen LogP contribution < -0.4 is 10.1 Å². The lowest BCUT2D eigenvalue weighted by Crippen LogP contribution is -2.28. The van der Waals surface area contributed by atoms with Gasteiger partial charge in [0.2, 0.25) is 0 Å². The molecule has 0 unspecified atom stereocenters. The second-order valence-electron chi connectivity index (χ2n) is 7.55. The Morgan fingerprint density at radius 1 is 1.11 bits per heavy atom. The average molecular weight is 382 g/mol. The summed E-state index contributed by atoms with van der Waals surface area (Å²) in [4.78, 5) is 7.23. The highest BCUT2D eigenvalue weighted by molar-refractivity contribution is 5.67. The number of nitrogens with zero attached hydrogens (tertiary/aromatic N) is 3. The molecule has 28 heavy (non-hydrogen) atoms. The molecule has 5 nitrogen and oxygen atoms in total. The van der Waals surface area contributed by atoms with Crippen molar-refractivity contribution in [2.45, 2.75) is 32.9 Å². The van der Waals surface area contributed by atoms with Gasteiger partial charge in [0, 0.05) is 31.4 Å². The second-order valence-corrected chi connectivity index (χ2v) is 7.55. The van der Waals surface area contributed by atoms with Gasteiger partial charge in [-0.2, -0.15) is 0 Å². The molecule has 0 atom stereocenters. The van der Waals surface area contributed by atoms with E-state index in [1.165, 1.54) is 12.3 Å². The quantitative estimate of drug-likeness (QED) is 0.730. The first kappa shape index (κ1) is 18.9. The Bertz CT molecular complexity index is 928. The summed E-state index contributed by atoms with van der Waals surface area (Å²) in [6.45, 7) is 8.78. The summed E-state index contributed by atoms with van der Waals surface area (Å²) in [5, 5.41) is 3.43. The fourth-order valence-corrected chi connectivity index (χ4v) is 3.68. The van der Waals surface area contributed by atoms with Crippen LogP contribution in [0.5, 0.6) is 5.75 Å². The maximum absolute atomic E-state index is 14.0. The van der Waals surface area contributed by atoms with Crippen LogP contribution in [0.3, 0.4) is 0 Å². The summed E-state index contributed by atoms with van der Waals surface area (Å²) in [6.07, 6.45) is 2.78. The van der Waals surface area contributed by atoms with E-state index in [4.69, 9.17) is 9.72 Å². The van der Waals surface area contributed by atoms with Crippen LogP contribution in [-0.4, -0.2) is 46.6 Å². The number of aromatic nitrogens is 2. The topological polar surface area (TPSA) is 41.8 Å². The van der Waals surface area contributed by atoms with Crippen molar-refractivity contribution in [2.75, 3.05) is 26.2 Å². The van der Waals surface area contributed by atoms with Gasteiger partial charge < -0.3 is 10.1 Å². The number of benzene rings is 1. The van der Waals surface area contributed by atoms with Crippen molar-refractivity contribution in [2.24, 2.45) is 0 Å². The van der Waals surface area contributed by atoms with Crippen molar-refractivity contribution in [1.82, 2.24) is 19.6 Å². The van der Waals surface area contributed by atoms with Gasteiger partial charge in [-0.25, -0.2) is 9.37 Å². The summed E-state index contributed by atoms with van der Waals surface area (Å²) in [7, 11) is 0. The van der Waals surface area contributed by atoms with Crippen LogP contribution in [0.4, 0.5) is 4.39 Å². The molecule has 3 aromatic rings. The number of pyridine rings is 1. The minimum Gasteiger partial charge on any atom is -0.491 e. The Hall–Kier alpha value is -2.44. The Morgan fingerprint density at radius 3 is 2.71 bits per heavy atom. The van der Waals surface area contributed by atoms with E-state index in [-0.39, 0.29) is 11.9 Å². The van der Waals surface area contributed by atoms with E-state index in [1.807, 2.05) is 42.5 Å². The number of fused-ring (bicyclic) bond motifs is 1. The predicted molar refractivity (Wildman–Crippen MR) is 109 cm³/mol. The Morgan fingerprint density at radius 2 is 1.93 bits per heavy atom. The minimum absolute atomic E-state index is 0.135. The third-order valence-corrected chi connectivity index (χ3v) is 4.99. The summed E-state index contributed by atoms with van der Waals surface area (Å²) < 4.78 is 21.6. The number of halogens is 1. The number of hydrogen-bond acceptors (Lipinski definition) is 4. The monoisotopic (exact) mass is 382 g/mol. The Kier molecular flexibility index (Phi) is 5.59. The summed E-state index contributed by atoms with van der Waals surface area (Å²) in [5.41, 5.74) is 3.71. The van der Waals surface area contributed by atoms with Gasteiger partial charge in [0.05, 0.1) is 17.5 Å². The van der Waals surface area contributed by atoms with Crippen LogP contribution in [0.1, 0.15) is 26.0 Å². The molecule has 1 N–H and O–H groups in total. The number of ether oxygens (including phenoxy) is 1. The lowest BCUT2D eigenvalue weighted by molar-refractivity contribution is 0.242. The van der Waals surface area contributed by atoms with Gasteiger partial charge in [-0.15, -0.1) is 0 Å². The molecular formula is C22H27FN4O. The first-order valence-electron chi connectivity index (χ1n) is 9.97. The zero-order chi connectivity index (χ0) is 19.5. The molecule has 0 aliphatic carbocycles. The molecule has 0 bridgehead atoms. The zero-order valence-electron chi connectivity index (χ0n) is 16.5. The highest BCUT2D eigenvalue weighted by Gasteiger charge is 2.18. The Balaban J connectivity index is 1.72. The molecule has 1 aliphatic heterocycles. The molecule has 3 heterocycles. The smallest absolute Gasteiger partial charge is 0.139 e. The molecular weight excluding hydrogens is 355 g/mol. The number of rotatable bonds is 5. The van der Waals surface area contributed by atoms with E-state index in [9.17, 15) is 4.39 Å². The highest BCUT2D eigenvalue weighted by atomic mass is 19.1. The van der Waals surface area contributed by atoms with Gasteiger partial charge in [0.25, 0.3) is 0 Å². The molecule has 1 fully saturated rings. The standard InChI is InChI=1S/C22H27FN4O/c1-16(2)28-19-7-4-17(5-8-19)22-20(15-26-12-3-10-24-11-13-26)27-14-18(23)6-9-21(27)25-22/h4-9,14,16,24H,3,10-13,15H2,1-2H3. The van der Waals surface area contributed by atoms with Gasteiger partial charge in [-0.3, -0.25) is 9.30 Å². The minimum atomic E-state index is -0.254. The van der Waals surface area contributed by atoms with Crippen LogP contribution in [-0.2, 0) is 6.54 Å². The zero-order valence-corrected chi connectivity index (χ0v) is 16.5. The van der Waals surface area contributed by atoms with E-state index < -0.39 is 0 Å². The van der Waals surface area contributed by atoms with E-state index in [1.54, 1.807) is 6.07 Å². The molecule has 1 aromatic carbocycles. The molecule has 1 saturated heterocycles. The normalized spacial score (nSPS) is 15.9. The van der Waals surface area contributed by atoms with Crippen molar-refractivity contribution < 1.29 is 9.13 Å². The van der Waals surface area contributed by atoms with E-state index >= 15 is 0 Å². The lowest BCUT2D eigenvalue weighted by Gasteiger charge is -2.20.